The van der Waals surface area contributed by atoms with Crippen molar-refractivity contribution < 1.29 is 4.79 Å². The number of amides is 1. The number of fused-ring (bicyclic) bond motifs is 1. The van der Waals surface area contributed by atoms with Crippen LogP contribution in [-0.2, 0) is 0 Å². The lowest BCUT2D eigenvalue weighted by molar-refractivity contribution is 0.0791. The first-order valence-electron chi connectivity index (χ1n) is 6.98. The van der Waals surface area contributed by atoms with Crippen LogP contribution in [0.15, 0.2) is 29.6 Å². The van der Waals surface area contributed by atoms with Crippen molar-refractivity contribution in [1.29, 1.82) is 0 Å². The molecule has 1 heterocycles. The largest absolute Gasteiger partial charge is 0.342 e. The molecule has 2 aromatic rings. The Kier molecular flexibility index (Phi) is 4.78. The normalized spacial score (nSPS) is 12.8. The molecule has 108 valence electrons. The second-order valence-electron chi connectivity index (χ2n) is 5.57. The van der Waals surface area contributed by atoms with Crippen molar-refractivity contribution >= 4 is 27.3 Å². The molecular formula is C16H22N2OS. The van der Waals surface area contributed by atoms with Crippen LogP contribution in [0.2, 0.25) is 0 Å². The number of thiophene rings is 1. The minimum Gasteiger partial charge on any atom is -0.342 e. The van der Waals surface area contributed by atoms with E-state index >= 15 is 0 Å². The summed E-state index contributed by atoms with van der Waals surface area (Å²) in [7, 11) is 1.85. The van der Waals surface area contributed by atoms with Crippen LogP contribution in [0.3, 0.4) is 0 Å². The Morgan fingerprint density at radius 2 is 2.05 bits per heavy atom. The van der Waals surface area contributed by atoms with Crippen molar-refractivity contribution in [2.45, 2.75) is 26.3 Å². The van der Waals surface area contributed by atoms with Gasteiger partial charge in [-0.3, -0.25) is 4.79 Å². The maximum atomic E-state index is 12.5. The van der Waals surface area contributed by atoms with E-state index in [-0.39, 0.29) is 11.9 Å². The minimum absolute atomic E-state index is 0.0819. The lowest BCUT2D eigenvalue weighted by Gasteiger charge is -2.21. The number of nitrogens with two attached hydrogens (primary N) is 1. The van der Waals surface area contributed by atoms with E-state index in [2.05, 4.69) is 13.8 Å². The molecule has 0 aliphatic heterocycles. The molecule has 1 aromatic carbocycles. The monoisotopic (exact) mass is 290 g/mol. The molecule has 0 fully saturated rings. The second-order valence-corrected chi connectivity index (χ2v) is 6.48. The summed E-state index contributed by atoms with van der Waals surface area (Å²) in [6, 6.07) is 8.17. The maximum absolute atomic E-state index is 12.5. The van der Waals surface area contributed by atoms with Gasteiger partial charge in [-0.1, -0.05) is 32.0 Å². The van der Waals surface area contributed by atoms with Crippen LogP contribution in [0.1, 0.15) is 30.6 Å². The first-order chi connectivity index (χ1) is 9.50. The lowest BCUT2D eigenvalue weighted by Crippen LogP contribution is -2.34. The van der Waals surface area contributed by atoms with E-state index in [1.807, 2.05) is 36.7 Å². The van der Waals surface area contributed by atoms with Crippen molar-refractivity contribution in [3.05, 3.63) is 35.2 Å². The minimum atomic E-state index is 0.0819. The second kappa shape index (κ2) is 6.37. The van der Waals surface area contributed by atoms with E-state index in [1.165, 1.54) is 0 Å². The topological polar surface area (TPSA) is 46.3 Å². The first-order valence-corrected chi connectivity index (χ1v) is 7.86. The van der Waals surface area contributed by atoms with Gasteiger partial charge in [0.2, 0.25) is 0 Å². The molecule has 0 bridgehead atoms. The summed E-state index contributed by atoms with van der Waals surface area (Å²) in [4.78, 5) is 14.3. The van der Waals surface area contributed by atoms with Crippen LogP contribution in [-0.4, -0.2) is 30.4 Å². The fraction of sp³-hybridized carbons (Fsp3) is 0.438. The van der Waals surface area contributed by atoms with E-state index < -0.39 is 0 Å². The van der Waals surface area contributed by atoms with Crippen molar-refractivity contribution in [3.63, 3.8) is 0 Å². The van der Waals surface area contributed by atoms with E-state index in [1.54, 1.807) is 16.2 Å². The number of carbonyl (C=O) groups is 1. The van der Waals surface area contributed by atoms with Crippen LogP contribution in [0.4, 0.5) is 0 Å². The van der Waals surface area contributed by atoms with Crippen LogP contribution in [0.5, 0.6) is 0 Å². The Labute approximate surface area is 124 Å². The van der Waals surface area contributed by atoms with Crippen molar-refractivity contribution in [1.82, 2.24) is 4.90 Å². The fourth-order valence-electron chi connectivity index (χ4n) is 2.13. The molecule has 1 atom stereocenters. The molecule has 4 heteroatoms. The van der Waals surface area contributed by atoms with Crippen LogP contribution >= 0.6 is 11.3 Å². The molecule has 0 aliphatic rings. The lowest BCUT2D eigenvalue weighted by atomic mass is 10.0. The summed E-state index contributed by atoms with van der Waals surface area (Å²) in [5.74, 6) is 0.527. The highest BCUT2D eigenvalue weighted by molar-refractivity contribution is 7.17. The van der Waals surface area contributed by atoms with Gasteiger partial charge in [-0.2, -0.15) is 0 Å². The standard InChI is InChI=1S/C16H22N2OS/c1-11(2)14(17)8-9-18(3)16(19)13-10-20-15-7-5-4-6-12(13)15/h4-7,10-11,14H,8-9,17H2,1-3H3. The molecule has 0 saturated carbocycles. The van der Waals surface area contributed by atoms with Gasteiger partial charge in [0, 0.05) is 35.1 Å². The van der Waals surface area contributed by atoms with E-state index in [4.69, 9.17) is 5.73 Å². The Hall–Kier alpha value is -1.39. The van der Waals surface area contributed by atoms with Crippen LogP contribution in [0, 0.1) is 5.92 Å². The quantitative estimate of drug-likeness (QED) is 0.918. The molecule has 0 radical (unpaired) electrons. The third-order valence-electron chi connectivity index (χ3n) is 3.71. The highest BCUT2D eigenvalue weighted by Crippen LogP contribution is 2.26. The summed E-state index contributed by atoms with van der Waals surface area (Å²) in [5, 5.41) is 2.99. The van der Waals surface area contributed by atoms with Crippen LogP contribution in [0.25, 0.3) is 10.1 Å². The number of rotatable bonds is 5. The van der Waals surface area contributed by atoms with Gasteiger partial charge in [-0.05, 0) is 18.4 Å². The molecule has 1 aromatic heterocycles. The van der Waals surface area contributed by atoms with E-state index in [0.717, 1.165) is 22.1 Å². The molecule has 20 heavy (non-hydrogen) atoms. The zero-order chi connectivity index (χ0) is 14.7. The molecule has 1 unspecified atom stereocenters. The SMILES string of the molecule is CC(C)C(N)CCN(C)C(=O)c1csc2ccccc12. The van der Waals surface area contributed by atoms with Gasteiger partial charge in [0.25, 0.3) is 5.91 Å². The molecule has 2 rings (SSSR count). The molecular weight excluding hydrogens is 268 g/mol. The van der Waals surface area contributed by atoms with E-state index in [0.29, 0.717) is 12.5 Å². The number of nitrogens with zero attached hydrogens (tertiary/aromatic N) is 1. The third-order valence-corrected chi connectivity index (χ3v) is 4.68. The number of carbonyl (C=O) groups excluding carboxylic acids is 1. The smallest absolute Gasteiger partial charge is 0.255 e. The summed E-state index contributed by atoms with van der Waals surface area (Å²) in [6.07, 6.45) is 0.835. The summed E-state index contributed by atoms with van der Waals surface area (Å²) in [6.45, 7) is 4.92. The zero-order valence-corrected chi connectivity index (χ0v) is 13.1. The maximum Gasteiger partial charge on any atom is 0.255 e. The fourth-order valence-corrected chi connectivity index (χ4v) is 3.06. The molecule has 1 amide bonds. The number of hydrogen-bond donors (Lipinski definition) is 1. The molecule has 0 aliphatic carbocycles. The van der Waals surface area contributed by atoms with Crippen LogP contribution < -0.4 is 5.73 Å². The molecule has 0 spiro atoms. The van der Waals surface area contributed by atoms with Crippen molar-refractivity contribution in [2.75, 3.05) is 13.6 Å². The summed E-state index contributed by atoms with van der Waals surface area (Å²) in [5.41, 5.74) is 6.84. The van der Waals surface area contributed by atoms with Gasteiger partial charge in [-0.15, -0.1) is 11.3 Å². The molecule has 3 nitrogen and oxygen atoms in total. The molecule has 2 N–H and O–H groups in total. The average Bonchev–Trinajstić information content (AvgIpc) is 2.87. The molecule has 0 saturated heterocycles. The van der Waals surface area contributed by atoms with Gasteiger partial charge in [0.05, 0.1) is 5.56 Å². The number of benzene rings is 1. The highest BCUT2D eigenvalue weighted by Gasteiger charge is 2.17. The first kappa shape index (κ1) is 15.0. The highest BCUT2D eigenvalue weighted by atomic mass is 32.1. The Morgan fingerprint density at radius 1 is 1.35 bits per heavy atom. The summed E-state index contributed by atoms with van der Waals surface area (Å²) >= 11 is 1.62. The Bertz CT molecular complexity index is 591. The third kappa shape index (κ3) is 3.19. The average molecular weight is 290 g/mol. The van der Waals surface area contributed by atoms with Gasteiger partial charge in [0.1, 0.15) is 0 Å². The van der Waals surface area contributed by atoms with Gasteiger partial charge >= 0.3 is 0 Å². The van der Waals surface area contributed by atoms with Crippen molar-refractivity contribution in [2.24, 2.45) is 11.7 Å². The Balaban J connectivity index is 2.07. The Morgan fingerprint density at radius 3 is 2.75 bits per heavy atom. The van der Waals surface area contributed by atoms with Gasteiger partial charge < -0.3 is 10.6 Å². The van der Waals surface area contributed by atoms with Crippen molar-refractivity contribution in [3.8, 4) is 0 Å². The van der Waals surface area contributed by atoms with Gasteiger partial charge in [0.15, 0.2) is 0 Å². The predicted molar refractivity (Wildman–Crippen MR) is 86.2 cm³/mol. The number of hydrogen-bond acceptors (Lipinski definition) is 3. The van der Waals surface area contributed by atoms with E-state index in [9.17, 15) is 4.79 Å². The summed E-state index contributed by atoms with van der Waals surface area (Å²) < 4.78 is 1.16. The predicted octanol–water partition coefficient (Wildman–Crippen LogP) is 3.35. The zero-order valence-electron chi connectivity index (χ0n) is 12.3. The van der Waals surface area contributed by atoms with Gasteiger partial charge in [-0.25, -0.2) is 0 Å².